The topological polar surface area (TPSA) is 126 Å². The Bertz CT molecular complexity index is 390. The van der Waals surface area contributed by atoms with Crippen LogP contribution in [0.4, 0.5) is 0 Å². The molecular formula is C13H23AcN4O2-. The first kappa shape index (κ1) is 19.9. The largest absolute Gasteiger partial charge is 0.674 e. The second-order valence-electron chi connectivity index (χ2n) is 5.00. The predicted octanol–water partition coefficient (Wildman–Crippen LogP) is 1.52. The Hall–Kier alpha value is -0.118. The van der Waals surface area contributed by atoms with Crippen molar-refractivity contribution in [2.75, 3.05) is 0 Å². The molecule has 0 aromatic heterocycles. The SMILES string of the molecule is CCC(CC)C([NH-])[C@@H]1C=C(C(=O)O)C[C@H]1N=C(N)N.[Ac]. The van der Waals surface area contributed by atoms with E-state index in [1.165, 1.54) is 0 Å². The molecule has 1 radical (unpaired) electrons. The van der Waals surface area contributed by atoms with Gasteiger partial charge >= 0.3 is 5.97 Å². The number of aliphatic carboxylic acids is 1. The molecule has 0 aromatic carbocycles. The summed E-state index contributed by atoms with van der Waals surface area (Å²) in [5.41, 5.74) is 19.4. The fourth-order valence-corrected chi connectivity index (χ4v) is 2.71. The molecule has 6 N–H and O–H groups in total. The molecule has 0 spiro atoms. The second kappa shape index (κ2) is 9.01. The third-order valence-corrected chi connectivity index (χ3v) is 3.83. The Morgan fingerprint density at radius 3 is 2.45 bits per heavy atom. The van der Waals surface area contributed by atoms with E-state index in [-0.39, 0.29) is 73.9 Å². The number of nitrogens with one attached hydrogen (secondary N) is 1. The molecule has 7 heteroatoms. The van der Waals surface area contributed by atoms with Crippen LogP contribution in [0, 0.1) is 55.9 Å². The minimum atomic E-state index is -0.949. The van der Waals surface area contributed by atoms with Crippen molar-refractivity contribution >= 4 is 11.9 Å². The van der Waals surface area contributed by atoms with Gasteiger partial charge in [-0.15, -0.1) is 6.04 Å². The molecule has 111 valence electrons. The standard InChI is InChI=1S/C13H23N4O2.Ac/c1-3-7(4-2)11(14)9-5-8(12(18)19)6-10(9)17-13(15)16;/h5,7,9-11,14H,3-4,6H2,1-2H3,(H,18,19)(H4,15,16,17);/q-1;/t9-,10-,11?;/m1./s1. The van der Waals surface area contributed by atoms with Crippen molar-refractivity contribution in [3.8, 4) is 0 Å². The summed E-state index contributed by atoms with van der Waals surface area (Å²) in [6.45, 7) is 4.09. The van der Waals surface area contributed by atoms with Gasteiger partial charge in [-0.1, -0.05) is 38.7 Å². The maximum atomic E-state index is 11.1. The summed E-state index contributed by atoms with van der Waals surface area (Å²) in [6.07, 6.45) is 3.75. The van der Waals surface area contributed by atoms with E-state index < -0.39 is 5.97 Å². The van der Waals surface area contributed by atoms with Crippen molar-refractivity contribution in [2.24, 2.45) is 28.3 Å². The van der Waals surface area contributed by atoms with E-state index in [4.69, 9.17) is 22.3 Å². The van der Waals surface area contributed by atoms with Gasteiger partial charge < -0.3 is 22.3 Å². The van der Waals surface area contributed by atoms with E-state index >= 15 is 0 Å². The van der Waals surface area contributed by atoms with Crippen molar-refractivity contribution < 1.29 is 54.0 Å². The summed E-state index contributed by atoms with van der Waals surface area (Å²) in [5.74, 6) is -0.994. The number of rotatable bonds is 6. The molecule has 0 saturated carbocycles. The van der Waals surface area contributed by atoms with E-state index in [0.717, 1.165) is 12.8 Å². The van der Waals surface area contributed by atoms with Crippen molar-refractivity contribution in [1.29, 1.82) is 0 Å². The van der Waals surface area contributed by atoms with Crippen LogP contribution < -0.4 is 11.5 Å². The number of nitrogens with zero attached hydrogens (tertiary/aromatic N) is 1. The third kappa shape index (κ3) is 5.01. The Morgan fingerprint density at radius 2 is 2.05 bits per heavy atom. The summed E-state index contributed by atoms with van der Waals surface area (Å²) < 4.78 is 0. The zero-order chi connectivity index (χ0) is 14.6. The summed E-state index contributed by atoms with van der Waals surface area (Å²) in [6, 6.07) is -0.695. The Morgan fingerprint density at radius 1 is 1.50 bits per heavy atom. The molecule has 0 heterocycles. The molecule has 6 nitrogen and oxygen atoms in total. The van der Waals surface area contributed by atoms with Gasteiger partial charge in [-0.3, -0.25) is 0 Å². The summed E-state index contributed by atoms with van der Waals surface area (Å²) >= 11 is 0. The molecule has 3 atom stereocenters. The molecule has 0 saturated heterocycles. The van der Waals surface area contributed by atoms with E-state index in [1.807, 2.05) is 13.8 Å². The van der Waals surface area contributed by atoms with Crippen molar-refractivity contribution in [1.82, 2.24) is 0 Å². The molecule has 1 aliphatic rings. The number of guanidine groups is 1. The van der Waals surface area contributed by atoms with E-state index in [9.17, 15) is 4.79 Å². The average Bonchev–Trinajstić information content (AvgIpc) is 2.73. The van der Waals surface area contributed by atoms with E-state index in [1.54, 1.807) is 6.08 Å². The first-order valence-electron chi connectivity index (χ1n) is 6.64. The van der Waals surface area contributed by atoms with Gasteiger partial charge in [-0.25, -0.2) is 9.79 Å². The number of carboxylic acid groups (broad SMARTS) is 1. The zero-order valence-electron chi connectivity index (χ0n) is 12.0. The Labute approximate surface area is 155 Å². The van der Waals surface area contributed by atoms with Gasteiger partial charge in [0.15, 0.2) is 5.96 Å². The molecule has 0 aliphatic heterocycles. The van der Waals surface area contributed by atoms with Crippen molar-refractivity contribution in [3.05, 3.63) is 17.4 Å². The molecular weight excluding hydrogens is 471 g/mol. The van der Waals surface area contributed by atoms with Crippen LogP contribution in [0.2, 0.25) is 0 Å². The van der Waals surface area contributed by atoms with Crippen LogP contribution in [0.5, 0.6) is 0 Å². The molecule has 1 unspecified atom stereocenters. The molecule has 0 amide bonds. The molecule has 0 bridgehead atoms. The molecule has 0 fully saturated rings. The van der Waals surface area contributed by atoms with Crippen LogP contribution in [0.3, 0.4) is 0 Å². The Balaban J connectivity index is 0.00000361. The zero-order valence-corrected chi connectivity index (χ0v) is 16.8. The van der Waals surface area contributed by atoms with Gasteiger partial charge in [0.1, 0.15) is 0 Å². The summed E-state index contributed by atoms with van der Waals surface area (Å²) in [5, 5.41) is 9.08. The third-order valence-electron chi connectivity index (χ3n) is 3.83. The van der Waals surface area contributed by atoms with Crippen LogP contribution in [-0.2, 0) is 4.79 Å². The van der Waals surface area contributed by atoms with Crippen molar-refractivity contribution in [3.63, 3.8) is 0 Å². The van der Waals surface area contributed by atoms with E-state index in [0.29, 0.717) is 12.0 Å². The predicted molar refractivity (Wildman–Crippen MR) is 75.6 cm³/mol. The average molecular weight is 494 g/mol. The van der Waals surface area contributed by atoms with Gasteiger partial charge in [0, 0.05) is 56.1 Å². The van der Waals surface area contributed by atoms with Gasteiger partial charge in [0.25, 0.3) is 0 Å². The van der Waals surface area contributed by atoms with Crippen molar-refractivity contribution in [2.45, 2.75) is 45.2 Å². The number of nitrogens with two attached hydrogens (primary N) is 2. The van der Waals surface area contributed by atoms with Gasteiger partial charge in [-0.05, 0) is 5.92 Å². The molecule has 1 aliphatic carbocycles. The van der Waals surface area contributed by atoms with Crippen LogP contribution >= 0.6 is 0 Å². The maximum absolute atomic E-state index is 11.1. The first-order chi connectivity index (χ1) is 8.90. The second-order valence-corrected chi connectivity index (χ2v) is 5.00. The monoisotopic (exact) mass is 494 g/mol. The molecule has 1 rings (SSSR count). The summed E-state index contributed by atoms with van der Waals surface area (Å²) in [4.78, 5) is 15.2. The van der Waals surface area contributed by atoms with Gasteiger partial charge in [0.2, 0.25) is 0 Å². The Kier molecular flexibility index (Phi) is 8.96. The van der Waals surface area contributed by atoms with Crippen LogP contribution in [-0.4, -0.2) is 29.1 Å². The number of hydrogen-bond acceptors (Lipinski definition) is 2. The number of carboxylic acids is 1. The first-order valence-corrected chi connectivity index (χ1v) is 6.64. The summed E-state index contributed by atoms with van der Waals surface area (Å²) in [7, 11) is 0. The fraction of sp³-hybridized carbons (Fsp3) is 0.692. The van der Waals surface area contributed by atoms with Crippen LogP contribution in [0.1, 0.15) is 33.1 Å². The number of carbonyl (C=O) groups is 1. The quantitative estimate of drug-likeness (QED) is 0.383. The minimum Gasteiger partial charge on any atom is -0.674 e. The smallest absolute Gasteiger partial charge is 0.331 e. The number of hydrogen-bond donors (Lipinski definition) is 3. The fourth-order valence-electron chi connectivity index (χ4n) is 2.71. The minimum absolute atomic E-state index is 0. The normalized spacial score (nSPS) is 22.9. The molecule has 0 aromatic rings. The number of aliphatic imine (C=N–C) groups is 1. The van der Waals surface area contributed by atoms with Crippen LogP contribution in [0.25, 0.3) is 5.73 Å². The molecule has 20 heavy (non-hydrogen) atoms. The van der Waals surface area contributed by atoms with Crippen LogP contribution in [0.15, 0.2) is 16.6 Å². The van der Waals surface area contributed by atoms with E-state index in [2.05, 4.69) is 4.99 Å². The van der Waals surface area contributed by atoms with Gasteiger partial charge in [-0.2, -0.15) is 0 Å². The van der Waals surface area contributed by atoms with Gasteiger partial charge in [0.05, 0.1) is 6.04 Å². The maximum Gasteiger partial charge on any atom is 0.331 e.